The molecule has 1 aliphatic heterocycles. The zero-order valence-electron chi connectivity index (χ0n) is 11.4. The highest BCUT2D eigenvalue weighted by Gasteiger charge is 2.22. The van der Waals surface area contributed by atoms with Crippen molar-refractivity contribution in [2.45, 2.75) is 25.8 Å². The minimum absolute atomic E-state index is 0.00344. The van der Waals surface area contributed by atoms with Crippen LogP contribution in [0.4, 0.5) is 5.69 Å². The van der Waals surface area contributed by atoms with Crippen molar-refractivity contribution < 1.29 is 14.3 Å². The van der Waals surface area contributed by atoms with Crippen molar-refractivity contribution in [1.29, 1.82) is 0 Å². The fraction of sp³-hybridized carbons (Fsp3) is 0.500. The number of nitrogens with one attached hydrogen (secondary N) is 2. The van der Waals surface area contributed by atoms with Gasteiger partial charge >= 0.3 is 0 Å². The summed E-state index contributed by atoms with van der Waals surface area (Å²) >= 11 is 0. The highest BCUT2D eigenvalue weighted by atomic mass is 16.5. The Balaban J connectivity index is 2.05. The van der Waals surface area contributed by atoms with E-state index in [9.17, 15) is 4.79 Å². The molecule has 1 heterocycles. The van der Waals surface area contributed by atoms with Crippen LogP contribution in [0.15, 0.2) is 18.2 Å². The fourth-order valence-electron chi connectivity index (χ4n) is 2.16. The molecule has 1 aromatic carbocycles. The van der Waals surface area contributed by atoms with Crippen molar-refractivity contribution in [3.05, 3.63) is 18.2 Å². The van der Waals surface area contributed by atoms with E-state index in [1.807, 2.05) is 13.0 Å². The van der Waals surface area contributed by atoms with Crippen LogP contribution >= 0.6 is 0 Å². The molecule has 2 rings (SSSR count). The van der Waals surface area contributed by atoms with E-state index >= 15 is 0 Å². The number of anilines is 1. The number of carbonyl (C=O) groups is 1. The van der Waals surface area contributed by atoms with Crippen molar-refractivity contribution in [3.8, 4) is 11.5 Å². The molecule has 0 radical (unpaired) electrons. The highest BCUT2D eigenvalue weighted by molar-refractivity contribution is 5.95. The molecule has 5 heteroatoms. The van der Waals surface area contributed by atoms with Gasteiger partial charge in [0, 0.05) is 11.8 Å². The molecule has 1 aromatic rings. The Hall–Kier alpha value is -1.75. The van der Waals surface area contributed by atoms with Gasteiger partial charge in [-0.15, -0.1) is 0 Å². The molecule has 2 N–H and O–H groups in total. The Morgan fingerprint density at radius 2 is 2.32 bits per heavy atom. The highest BCUT2D eigenvalue weighted by Crippen LogP contribution is 2.30. The fourth-order valence-corrected chi connectivity index (χ4v) is 2.16. The number of benzene rings is 1. The molecule has 0 saturated carbocycles. The van der Waals surface area contributed by atoms with Gasteiger partial charge in [-0.25, -0.2) is 0 Å². The lowest BCUT2D eigenvalue weighted by Crippen LogP contribution is -2.35. The quantitative estimate of drug-likeness (QED) is 0.851. The monoisotopic (exact) mass is 264 g/mol. The second-order valence-corrected chi connectivity index (χ2v) is 4.44. The lowest BCUT2D eigenvalue weighted by atomic mass is 10.2. The molecule has 104 valence electrons. The largest absolute Gasteiger partial charge is 0.493 e. The first-order chi connectivity index (χ1) is 9.24. The normalized spacial score (nSPS) is 18.1. The SMILES string of the molecule is CCOc1ccc(NC(=O)[C@H]2CCCN2)cc1OC. The summed E-state index contributed by atoms with van der Waals surface area (Å²) in [4.78, 5) is 12.0. The summed E-state index contributed by atoms with van der Waals surface area (Å²) in [6.45, 7) is 3.40. The molecule has 19 heavy (non-hydrogen) atoms. The van der Waals surface area contributed by atoms with Crippen LogP contribution < -0.4 is 20.1 Å². The van der Waals surface area contributed by atoms with Crippen molar-refractivity contribution in [3.63, 3.8) is 0 Å². The first-order valence-corrected chi connectivity index (χ1v) is 6.59. The van der Waals surface area contributed by atoms with Crippen LogP contribution in [-0.4, -0.2) is 32.2 Å². The van der Waals surface area contributed by atoms with E-state index in [4.69, 9.17) is 9.47 Å². The van der Waals surface area contributed by atoms with Crippen LogP contribution in [0.25, 0.3) is 0 Å². The average molecular weight is 264 g/mol. The van der Waals surface area contributed by atoms with Crippen LogP contribution in [0.3, 0.4) is 0 Å². The van der Waals surface area contributed by atoms with Crippen LogP contribution in [-0.2, 0) is 4.79 Å². The molecular formula is C14H20N2O3. The van der Waals surface area contributed by atoms with Crippen molar-refractivity contribution in [1.82, 2.24) is 5.32 Å². The summed E-state index contributed by atoms with van der Waals surface area (Å²) in [6, 6.07) is 5.32. The molecule has 0 aromatic heterocycles. The van der Waals surface area contributed by atoms with E-state index < -0.39 is 0 Å². The topological polar surface area (TPSA) is 59.6 Å². The maximum absolute atomic E-state index is 12.0. The van der Waals surface area contributed by atoms with E-state index in [1.165, 1.54) is 0 Å². The summed E-state index contributed by atoms with van der Waals surface area (Å²) in [5, 5.41) is 6.06. The predicted octanol–water partition coefficient (Wildman–Crippen LogP) is 1.78. The third-order valence-corrected chi connectivity index (χ3v) is 3.11. The third-order valence-electron chi connectivity index (χ3n) is 3.11. The van der Waals surface area contributed by atoms with E-state index in [1.54, 1.807) is 19.2 Å². The predicted molar refractivity (Wildman–Crippen MR) is 73.8 cm³/mol. The number of amides is 1. The lowest BCUT2D eigenvalue weighted by Gasteiger charge is -2.14. The number of carbonyl (C=O) groups excluding carboxylic acids is 1. The third kappa shape index (κ3) is 3.38. The molecule has 0 aliphatic carbocycles. The van der Waals surface area contributed by atoms with E-state index in [0.717, 1.165) is 25.1 Å². The maximum Gasteiger partial charge on any atom is 0.241 e. The van der Waals surface area contributed by atoms with Gasteiger partial charge in [0.15, 0.2) is 11.5 Å². The van der Waals surface area contributed by atoms with Crippen LogP contribution in [0, 0.1) is 0 Å². The number of rotatable bonds is 5. The number of methoxy groups -OCH3 is 1. The van der Waals surface area contributed by atoms with E-state index in [-0.39, 0.29) is 11.9 Å². The Morgan fingerprint density at radius 1 is 1.47 bits per heavy atom. The first-order valence-electron chi connectivity index (χ1n) is 6.59. The maximum atomic E-state index is 12.0. The van der Waals surface area contributed by atoms with Gasteiger partial charge in [0.2, 0.25) is 5.91 Å². The zero-order valence-corrected chi connectivity index (χ0v) is 11.4. The van der Waals surface area contributed by atoms with Gasteiger partial charge < -0.3 is 20.1 Å². The Kier molecular flexibility index (Phi) is 4.63. The number of ether oxygens (including phenoxy) is 2. The van der Waals surface area contributed by atoms with Crippen molar-refractivity contribution in [2.75, 3.05) is 25.6 Å². The van der Waals surface area contributed by atoms with Gasteiger partial charge in [-0.1, -0.05) is 0 Å². The Bertz CT molecular complexity index is 442. The molecule has 1 atom stereocenters. The lowest BCUT2D eigenvalue weighted by molar-refractivity contribution is -0.117. The molecule has 1 fully saturated rings. The molecule has 5 nitrogen and oxygen atoms in total. The standard InChI is InChI=1S/C14H20N2O3/c1-3-19-12-7-6-10(9-13(12)18-2)16-14(17)11-5-4-8-15-11/h6-7,9,11,15H,3-5,8H2,1-2H3,(H,16,17)/t11-/m1/s1. The molecule has 0 unspecified atom stereocenters. The van der Waals surface area contributed by atoms with E-state index in [0.29, 0.717) is 18.1 Å². The Morgan fingerprint density at radius 3 is 2.95 bits per heavy atom. The summed E-state index contributed by atoms with van der Waals surface area (Å²) in [5.74, 6) is 1.31. The van der Waals surface area contributed by atoms with Crippen molar-refractivity contribution >= 4 is 11.6 Å². The van der Waals surface area contributed by atoms with Crippen LogP contribution in [0.1, 0.15) is 19.8 Å². The smallest absolute Gasteiger partial charge is 0.241 e. The minimum atomic E-state index is -0.0856. The van der Waals surface area contributed by atoms with Gasteiger partial charge in [0.05, 0.1) is 19.8 Å². The Labute approximate surface area is 113 Å². The molecular weight excluding hydrogens is 244 g/mol. The summed E-state index contributed by atoms with van der Waals surface area (Å²) in [5.41, 5.74) is 0.721. The average Bonchev–Trinajstić information content (AvgIpc) is 2.94. The second kappa shape index (κ2) is 6.43. The van der Waals surface area contributed by atoms with Crippen LogP contribution in [0.5, 0.6) is 11.5 Å². The van der Waals surface area contributed by atoms with Gasteiger partial charge in [-0.3, -0.25) is 4.79 Å². The molecule has 1 amide bonds. The van der Waals surface area contributed by atoms with Crippen LogP contribution in [0.2, 0.25) is 0 Å². The molecule has 0 bridgehead atoms. The molecule has 0 spiro atoms. The summed E-state index contributed by atoms with van der Waals surface area (Å²) in [6.07, 6.45) is 1.94. The first kappa shape index (κ1) is 13.7. The van der Waals surface area contributed by atoms with Gasteiger partial charge in [0.25, 0.3) is 0 Å². The van der Waals surface area contributed by atoms with Gasteiger partial charge in [-0.05, 0) is 38.4 Å². The van der Waals surface area contributed by atoms with Gasteiger partial charge in [0.1, 0.15) is 0 Å². The number of hydrogen-bond donors (Lipinski definition) is 2. The molecule has 1 saturated heterocycles. The zero-order chi connectivity index (χ0) is 13.7. The number of hydrogen-bond acceptors (Lipinski definition) is 4. The summed E-state index contributed by atoms with van der Waals surface area (Å²) in [7, 11) is 1.59. The van der Waals surface area contributed by atoms with Crippen molar-refractivity contribution in [2.24, 2.45) is 0 Å². The summed E-state index contributed by atoms with van der Waals surface area (Å²) < 4.78 is 10.7. The molecule has 1 aliphatic rings. The minimum Gasteiger partial charge on any atom is -0.493 e. The van der Waals surface area contributed by atoms with Gasteiger partial charge in [-0.2, -0.15) is 0 Å². The second-order valence-electron chi connectivity index (χ2n) is 4.44. The van der Waals surface area contributed by atoms with E-state index in [2.05, 4.69) is 10.6 Å².